The molecular weight excluding hydrogens is 244 g/mol. The Morgan fingerprint density at radius 3 is 1.79 bits per heavy atom. The molecular formula is C15H16O4. The number of hydrogen-bond donors (Lipinski definition) is 3. The second kappa shape index (κ2) is 6.22. The van der Waals surface area contributed by atoms with E-state index in [9.17, 15) is 5.11 Å². The van der Waals surface area contributed by atoms with Crippen LogP contribution in [0.15, 0.2) is 48.5 Å². The summed E-state index contributed by atoms with van der Waals surface area (Å²) in [7, 11) is 0. The molecule has 0 fully saturated rings. The summed E-state index contributed by atoms with van der Waals surface area (Å²) in [5.74, 6) is 0.400. The zero-order chi connectivity index (χ0) is 13.7. The van der Waals surface area contributed by atoms with Crippen LogP contribution >= 0.6 is 0 Å². The second-order valence-corrected chi connectivity index (χ2v) is 4.30. The van der Waals surface area contributed by atoms with Crippen LogP contribution in [0.5, 0.6) is 11.5 Å². The van der Waals surface area contributed by atoms with Crippen molar-refractivity contribution in [2.45, 2.75) is 19.3 Å². The molecule has 1 atom stereocenters. The summed E-state index contributed by atoms with van der Waals surface area (Å²) in [6, 6.07) is 13.2. The minimum atomic E-state index is -0.904. The van der Waals surface area contributed by atoms with E-state index in [1.54, 1.807) is 48.5 Å². The number of aliphatic hydroxyl groups is 1. The molecule has 0 amide bonds. The normalized spacial score (nSPS) is 12.3. The van der Waals surface area contributed by atoms with Crippen molar-refractivity contribution in [1.29, 1.82) is 0 Å². The van der Waals surface area contributed by atoms with E-state index in [2.05, 4.69) is 0 Å². The van der Waals surface area contributed by atoms with Gasteiger partial charge in [0.1, 0.15) is 11.5 Å². The van der Waals surface area contributed by atoms with Gasteiger partial charge in [-0.25, -0.2) is 0 Å². The molecule has 0 bridgehead atoms. The largest absolute Gasteiger partial charge is 0.508 e. The average molecular weight is 260 g/mol. The Bertz CT molecular complexity index is 505. The minimum absolute atomic E-state index is 0.197. The SMILES string of the molecule is Oc1ccc(COC(O)Cc2ccc(O)cc2)cc1. The first-order valence-electron chi connectivity index (χ1n) is 5.99. The lowest BCUT2D eigenvalue weighted by Gasteiger charge is -2.12. The molecule has 2 aromatic carbocycles. The summed E-state index contributed by atoms with van der Waals surface area (Å²) in [6.07, 6.45) is -0.545. The van der Waals surface area contributed by atoms with Crippen molar-refractivity contribution in [2.24, 2.45) is 0 Å². The molecule has 1 unspecified atom stereocenters. The maximum absolute atomic E-state index is 9.75. The van der Waals surface area contributed by atoms with Crippen molar-refractivity contribution >= 4 is 0 Å². The van der Waals surface area contributed by atoms with Crippen LogP contribution in [0.4, 0.5) is 0 Å². The molecule has 0 aromatic heterocycles. The van der Waals surface area contributed by atoms with Gasteiger partial charge in [-0.3, -0.25) is 0 Å². The Morgan fingerprint density at radius 2 is 1.26 bits per heavy atom. The van der Waals surface area contributed by atoms with E-state index >= 15 is 0 Å². The number of hydrogen-bond acceptors (Lipinski definition) is 4. The lowest BCUT2D eigenvalue weighted by molar-refractivity contribution is -0.106. The smallest absolute Gasteiger partial charge is 0.159 e. The van der Waals surface area contributed by atoms with Gasteiger partial charge in [0.05, 0.1) is 6.61 Å². The highest BCUT2D eigenvalue weighted by Crippen LogP contribution is 2.14. The molecule has 0 aliphatic rings. The van der Waals surface area contributed by atoms with Gasteiger partial charge in [-0.1, -0.05) is 24.3 Å². The van der Waals surface area contributed by atoms with E-state index < -0.39 is 6.29 Å². The first kappa shape index (κ1) is 13.4. The summed E-state index contributed by atoms with van der Waals surface area (Å²) in [5.41, 5.74) is 1.76. The summed E-state index contributed by atoms with van der Waals surface area (Å²) < 4.78 is 5.31. The molecule has 19 heavy (non-hydrogen) atoms. The van der Waals surface area contributed by atoms with Crippen LogP contribution in [0.25, 0.3) is 0 Å². The second-order valence-electron chi connectivity index (χ2n) is 4.30. The van der Waals surface area contributed by atoms with Gasteiger partial charge in [0.15, 0.2) is 6.29 Å². The standard InChI is InChI=1S/C15H16O4/c16-13-5-1-11(2-6-13)9-15(18)19-10-12-3-7-14(17)8-4-12/h1-8,15-18H,9-10H2. The molecule has 2 aromatic rings. The van der Waals surface area contributed by atoms with E-state index in [0.29, 0.717) is 6.42 Å². The quantitative estimate of drug-likeness (QED) is 0.721. The predicted octanol–water partition coefficient (Wildman–Crippen LogP) is 2.18. The van der Waals surface area contributed by atoms with Crippen LogP contribution in [0, 0.1) is 0 Å². The predicted molar refractivity (Wildman–Crippen MR) is 70.7 cm³/mol. The van der Waals surface area contributed by atoms with Gasteiger partial charge in [0, 0.05) is 6.42 Å². The Morgan fingerprint density at radius 1 is 0.789 bits per heavy atom. The molecule has 0 saturated heterocycles. The zero-order valence-corrected chi connectivity index (χ0v) is 10.4. The van der Waals surface area contributed by atoms with Crippen LogP contribution in [-0.2, 0) is 17.8 Å². The van der Waals surface area contributed by atoms with Crippen molar-refractivity contribution in [3.63, 3.8) is 0 Å². The molecule has 0 saturated carbocycles. The van der Waals surface area contributed by atoms with Gasteiger partial charge in [0.2, 0.25) is 0 Å². The number of phenolic OH excluding ortho intramolecular Hbond substituents is 2. The van der Waals surface area contributed by atoms with Crippen LogP contribution in [-0.4, -0.2) is 21.6 Å². The monoisotopic (exact) mass is 260 g/mol. The number of ether oxygens (including phenoxy) is 1. The van der Waals surface area contributed by atoms with E-state index in [4.69, 9.17) is 14.9 Å². The summed E-state index contributed by atoms with van der Waals surface area (Å²) in [5, 5.41) is 28.0. The van der Waals surface area contributed by atoms with E-state index in [1.165, 1.54) is 0 Å². The maximum Gasteiger partial charge on any atom is 0.159 e. The lowest BCUT2D eigenvalue weighted by atomic mass is 10.1. The molecule has 100 valence electrons. The molecule has 3 N–H and O–H groups in total. The van der Waals surface area contributed by atoms with Crippen molar-refractivity contribution in [3.8, 4) is 11.5 Å². The number of rotatable bonds is 5. The van der Waals surface area contributed by atoms with Crippen molar-refractivity contribution in [3.05, 3.63) is 59.7 Å². The average Bonchev–Trinajstić information content (AvgIpc) is 2.41. The molecule has 0 aliphatic carbocycles. The van der Waals surface area contributed by atoms with Gasteiger partial charge in [0.25, 0.3) is 0 Å². The Kier molecular flexibility index (Phi) is 4.39. The highest BCUT2D eigenvalue weighted by molar-refractivity contribution is 5.26. The molecule has 4 heteroatoms. The Balaban J connectivity index is 1.82. The third-order valence-electron chi connectivity index (χ3n) is 2.73. The van der Waals surface area contributed by atoms with Crippen LogP contribution < -0.4 is 0 Å². The highest BCUT2D eigenvalue weighted by Gasteiger charge is 2.06. The van der Waals surface area contributed by atoms with Gasteiger partial charge in [-0.15, -0.1) is 0 Å². The Hall–Kier alpha value is -2.04. The van der Waals surface area contributed by atoms with Crippen LogP contribution in [0.1, 0.15) is 11.1 Å². The van der Waals surface area contributed by atoms with Crippen LogP contribution in [0.3, 0.4) is 0 Å². The molecule has 0 heterocycles. The maximum atomic E-state index is 9.75. The van der Waals surface area contributed by atoms with Crippen molar-refractivity contribution in [1.82, 2.24) is 0 Å². The fourth-order valence-electron chi connectivity index (χ4n) is 1.68. The fourth-order valence-corrected chi connectivity index (χ4v) is 1.68. The topological polar surface area (TPSA) is 69.9 Å². The molecule has 4 nitrogen and oxygen atoms in total. The molecule has 2 rings (SSSR count). The third kappa shape index (κ3) is 4.28. The molecule has 0 radical (unpaired) electrons. The molecule has 0 aliphatic heterocycles. The van der Waals surface area contributed by atoms with E-state index in [1.807, 2.05) is 0 Å². The van der Waals surface area contributed by atoms with Crippen molar-refractivity contribution in [2.75, 3.05) is 0 Å². The number of benzene rings is 2. The minimum Gasteiger partial charge on any atom is -0.508 e. The molecule has 0 spiro atoms. The zero-order valence-electron chi connectivity index (χ0n) is 10.4. The first-order valence-corrected chi connectivity index (χ1v) is 5.99. The lowest BCUT2D eigenvalue weighted by Crippen LogP contribution is -2.14. The summed E-state index contributed by atoms with van der Waals surface area (Å²) in [6.45, 7) is 0.277. The van der Waals surface area contributed by atoms with Gasteiger partial charge < -0.3 is 20.1 Å². The van der Waals surface area contributed by atoms with Gasteiger partial charge in [-0.05, 0) is 35.4 Å². The third-order valence-corrected chi connectivity index (χ3v) is 2.73. The van der Waals surface area contributed by atoms with E-state index in [0.717, 1.165) is 11.1 Å². The van der Waals surface area contributed by atoms with Gasteiger partial charge in [-0.2, -0.15) is 0 Å². The van der Waals surface area contributed by atoms with Gasteiger partial charge >= 0.3 is 0 Å². The van der Waals surface area contributed by atoms with Crippen LogP contribution in [0.2, 0.25) is 0 Å². The van der Waals surface area contributed by atoms with E-state index in [-0.39, 0.29) is 18.1 Å². The highest BCUT2D eigenvalue weighted by atomic mass is 16.6. The fraction of sp³-hybridized carbons (Fsp3) is 0.200. The number of aromatic hydroxyl groups is 2. The summed E-state index contributed by atoms with van der Waals surface area (Å²) in [4.78, 5) is 0. The Labute approximate surface area is 111 Å². The summed E-state index contributed by atoms with van der Waals surface area (Å²) >= 11 is 0. The van der Waals surface area contributed by atoms with Crippen molar-refractivity contribution < 1.29 is 20.1 Å². The first-order chi connectivity index (χ1) is 9.13. The number of aliphatic hydroxyl groups excluding tert-OH is 1. The number of phenols is 2.